The van der Waals surface area contributed by atoms with E-state index in [1.54, 1.807) is 182 Å². The monoisotopic (exact) mass is 960 g/mol. The number of phosphoric acid groups is 3. The summed E-state index contributed by atoms with van der Waals surface area (Å²) in [5.41, 5.74) is 3.45. The summed E-state index contributed by atoms with van der Waals surface area (Å²) in [6.07, 6.45) is -12.9. The Kier molecular flexibility index (Phi) is 18.0. The summed E-state index contributed by atoms with van der Waals surface area (Å²) in [5, 5.41) is 36.4. The van der Waals surface area contributed by atoms with Gasteiger partial charge in [-0.05, 0) is 33.4 Å². The molecule has 1 fully saturated rings. The van der Waals surface area contributed by atoms with Crippen molar-refractivity contribution in [3.8, 4) is 0 Å². The summed E-state index contributed by atoms with van der Waals surface area (Å²) < 4.78 is 97.3. The predicted octanol–water partition coefficient (Wildman–Crippen LogP) is 9.86. The summed E-state index contributed by atoms with van der Waals surface area (Å²) in [6.45, 7) is -1.83. The first-order valence-electron chi connectivity index (χ1n) is 21.0. The lowest BCUT2D eigenvalue weighted by Gasteiger charge is -2.45. The van der Waals surface area contributed by atoms with Crippen molar-refractivity contribution in [2.24, 2.45) is 0 Å². The SMILES string of the molecule is O=P(OCc1ccccc1)(OCc1ccccc1)OC1C(O)C(OP(=O)(OCc2ccccc2)OCc2ccccc2)C(O)C(OP(=O)(OCc2ccccc2)OCc2ccccc2)C1O. The molecule has 66 heavy (non-hydrogen) atoms. The number of hydrogen-bond donors (Lipinski definition) is 3. The van der Waals surface area contributed by atoms with Gasteiger partial charge >= 0.3 is 23.5 Å². The molecule has 6 aromatic rings. The maximum absolute atomic E-state index is 14.8. The number of phosphoric ester groups is 3. The molecule has 0 unspecified atom stereocenters. The minimum Gasteiger partial charge on any atom is -0.387 e. The van der Waals surface area contributed by atoms with Crippen molar-refractivity contribution < 1.29 is 69.7 Å². The van der Waals surface area contributed by atoms with Crippen LogP contribution in [0.4, 0.5) is 0 Å². The molecule has 0 radical (unpaired) electrons. The number of aliphatic hydroxyl groups is 3. The molecule has 1 aliphatic rings. The van der Waals surface area contributed by atoms with Crippen molar-refractivity contribution in [1.82, 2.24) is 0 Å². The van der Waals surface area contributed by atoms with Gasteiger partial charge in [-0.25, -0.2) is 13.7 Å². The zero-order valence-corrected chi connectivity index (χ0v) is 38.3. The van der Waals surface area contributed by atoms with Crippen molar-refractivity contribution in [3.63, 3.8) is 0 Å². The molecule has 6 aromatic carbocycles. The molecule has 0 heterocycles. The Bertz CT molecular complexity index is 2060. The molecule has 3 N–H and O–H groups in total. The maximum atomic E-state index is 14.8. The number of benzene rings is 6. The molecule has 0 spiro atoms. The van der Waals surface area contributed by atoms with Gasteiger partial charge in [0.2, 0.25) is 0 Å². The molecular weight excluding hydrogens is 909 g/mol. The van der Waals surface area contributed by atoms with E-state index in [0.29, 0.717) is 33.4 Å². The minimum atomic E-state index is -4.86. The lowest BCUT2D eigenvalue weighted by atomic mass is 9.85. The van der Waals surface area contributed by atoms with E-state index in [1.807, 2.05) is 0 Å². The Balaban J connectivity index is 1.24. The second-order valence-electron chi connectivity index (χ2n) is 15.1. The van der Waals surface area contributed by atoms with Gasteiger partial charge in [0, 0.05) is 0 Å². The van der Waals surface area contributed by atoms with E-state index in [2.05, 4.69) is 0 Å². The fourth-order valence-electron chi connectivity index (χ4n) is 6.65. The van der Waals surface area contributed by atoms with Crippen LogP contribution in [-0.2, 0) is 94.1 Å². The maximum Gasteiger partial charge on any atom is 0.475 e. The third kappa shape index (κ3) is 14.5. The molecule has 0 amide bonds. The van der Waals surface area contributed by atoms with Crippen LogP contribution >= 0.6 is 23.5 Å². The molecule has 0 atom stereocenters. The number of hydrogen-bond acceptors (Lipinski definition) is 15. The zero-order valence-electron chi connectivity index (χ0n) is 35.6. The third-order valence-corrected chi connectivity index (χ3v) is 14.3. The zero-order chi connectivity index (χ0) is 46.2. The molecule has 1 saturated carbocycles. The van der Waals surface area contributed by atoms with Crippen molar-refractivity contribution in [2.75, 3.05) is 0 Å². The van der Waals surface area contributed by atoms with Gasteiger partial charge in [0.05, 0.1) is 39.6 Å². The van der Waals surface area contributed by atoms with Gasteiger partial charge in [-0.15, -0.1) is 0 Å². The van der Waals surface area contributed by atoms with Crippen LogP contribution in [0.1, 0.15) is 33.4 Å². The number of rotatable bonds is 24. The van der Waals surface area contributed by atoms with E-state index in [9.17, 15) is 29.0 Å². The van der Waals surface area contributed by atoms with Crippen LogP contribution in [-0.4, -0.2) is 51.9 Å². The molecule has 18 heteroatoms. The fraction of sp³-hybridized carbons (Fsp3) is 0.250. The molecule has 1 aliphatic carbocycles. The van der Waals surface area contributed by atoms with Gasteiger partial charge in [-0.1, -0.05) is 182 Å². The summed E-state index contributed by atoms with van der Waals surface area (Å²) in [5.74, 6) is 0. The lowest BCUT2D eigenvalue weighted by Crippen LogP contribution is -2.65. The van der Waals surface area contributed by atoms with E-state index in [-0.39, 0.29) is 39.6 Å². The highest BCUT2D eigenvalue weighted by Crippen LogP contribution is 2.59. The molecule has 0 aliphatic heterocycles. The van der Waals surface area contributed by atoms with E-state index < -0.39 is 60.1 Å². The summed E-state index contributed by atoms with van der Waals surface area (Å²) in [6, 6.07) is 52.1. The first-order chi connectivity index (χ1) is 32.0. The average molecular weight is 961 g/mol. The van der Waals surface area contributed by atoms with Crippen LogP contribution in [0.25, 0.3) is 0 Å². The standard InChI is InChI=1S/C48H51O15P3/c49-43-46(61-64(52,55-31-37-19-7-1-8-20-37)56-32-38-21-9-2-10-22-38)44(50)48(63-66(54,59-35-41-27-15-5-16-28-41)60-36-42-29-17-6-18-30-42)45(51)47(43)62-65(53,57-33-39-23-11-3-12-24-39)58-34-40-25-13-4-14-26-40/h1-30,43-51H,31-36H2. The van der Waals surface area contributed by atoms with E-state index in [4.69, 9.17) is 40.7 Å². The molecular formula is C48H51O15P3. The van der Waals surface area contributed by atoms with Crippen molar-refractivity contribution in [3.05, 3.63) is 215 Å². The molecule has 348 valence electrons. The highest BCUT2D eigenvalue weighted by Gasteiger charge is 2.58. The van der Waals surface area contributed by atoms with Crippen molar-refractivity contribution >= 4 is 23.5 Å². The lowest BCUT2D eigenvalue weighted by molar-refractivity contribution is -0.215. The average Bonchev–Trinajstić information content (AvgIpc) is 3.36. The molecule has 7 rings (SSSR count). The van der Waals surface area contributed by atoms with E-state index in [0.717, 1.165) is 0 Å². The summed E-state index contributed by atoms with van der Waals surface area (Å²) in [4.78, 5) is 0. The molecule has 0 bridgehead atoms. The Morgan fingerprint density at radius 3 is 0.591 bits per heavy atom. The molecule has 15 nitrogen and oxygen atoms in total. The quantitative estimate of drug-likeness (QED) is 0.0485. The van der Waals surface area contributed by atoms with Gasteiger partial charge in [0.25, 0.3) is 0 Å². The summed E-state index contributed by atoms with van der Waals surface area (Å²) in [7, 11) is -14.6. The molecule has 0 aromatic heterocycles. The Hall–Kier alpha value is -4.47. The first kappa shape index (κ1) is 49.4. The predicted molar refractivity (Wildman–Crippen MR) is 243 cm³/mol. The fourth-order valence-corrected chi connectivity index (χ4v) is 10.7. The second-order valence-corrected chi connectivity index (χ2v) is 19.9. The Morgan fingerprint density at radius 2 is 0.439 bits per heavy atom. The van der Waals surface area contributed by atoms with Crippen LogP contribution in [0.3, 0.4) is 0 Å². The van der Waals surface area contributed by atoms with Crippen molar-refractivity contribution in [1.29, 1.82) is 0 Å². The minimum absolute atomic E-state index is 0.306. The van der Waals surface area contributed by atoms with Gasteiger partial charge < -0.3 is 15.3 Å². The summed E-state index contributed by atoms with van der Waals surface area (Å²) >= 11 is 0. The van der Waals surface area contributed by atoms with Gasteiger partial charge in [0.1, 0.15) is 36.6 Å². The van der Waals surface area contributed by atoms with Gasteiger partial charge in [0.15, 0.2) is 0 Å². The van der Waals surface area contributed by atoms with Crippen molar-refractivity contribution in [2.45, 2.75) is 76.3 Å². The highest BCUT2D eigenvalue weighted by atomic mass is 31.2. The van der Waals surface area contributed by atoms with E-state index >= 15 is 0 Å². The first-order valence-corrected chi connectivity index (χ1v) is 25.4. The Labute approximate surface area is 383 Å². The second kappa shape index (κ2) is 24.0. The number of aliphatic hydroxyl groups excluding tert-OH is 3. The highest BCUT2D eigenvalue weighted by molar-refractivity contribution is 7.49. The van der Waals surface area contributed by atoms with Crippen LogP contribution in [0.2, 0.25) is 0 Å². The largest absolute Gasteiger partial charge is 0.475 e. The van der Waals surface area contributed by atoms with Crippen LogP contribution in [0.15, 0.2) is 182 Å². The Morgan fingerprint density at radius 1 is 0.288 bits per heavy atom. The van der Waals surface area contributed by atoms with Gasteiger partial charge in [-0.3, -0.25) is 40.7 Å². The molecule has 0 saturated heterocycles. The third-order valence-electron chi connectivity index (χ3n) is 10.2. The van der Waals surface area contributed by atoms with Crippen LogP contribution < -0.4 is 0 Å². The van der Waals surface area contributed by atoms with Crippen LogP contribution in [0.5, 0.6) is 0 Å². The van der Waals surface area contributed by atoms with Crippen LogP contribution in [0, 0.1) is 0 Å². The van der Waals surface area contributed by atoms with Gasteiger partial charge in [-0.2, -0.15) is 0 Å². The normalized spacial score (nSPS) is 20.2. The van der Waals surface area contributed by atoms with E-state index in [1.165, 1.54) is 0 Å². The smallest absolute Gasteiger partial charge is 0.387 e. The topological polar surface area (TPSA) is 195 Å².